The molecule has 4 nitrogen and oxygen atoms in total. The maximum absolute atomic E-state index is 10.9. The Morgan fingerprint density at radius 2 is 1.88 bits per heavy atom. The lowest BCUT2D eigenvalue weighted by atomic mass is 9.93. The third-order valence-corrected chi connectivity index (χ3v) is 2.89. The largest absolute Gasteiger partial charge is 0.496 e. The van der Waals surface area contributed by atoms with Crippen LogP contribution < -0.4 is 4.74 Å². The van der Waals surface area contributed by atoms with E-state index in [0.29, 0.717) is 11.3 Å². The van der Waals surface area contributed by atoms with Crippen molar-refractivity contribution in [2.75, 3.05) is 7.11 Å². The number of ether oxygens (including phenoxy) is 1. The van der Waals surface area contributed by atoms with E-state index < -0.39 is 11.6 Å². The summed E-state index contributed by atoms with van der Waals surface area (Å²) < 4.78 is 5.20. The molecule has 0 aliphatic carbocycles. The number of aliphatic hydroxyl groups is 1. The molecule has 1 atom stereocenters. The van der Waals surface area contributed by atoms with E-state index in [2.05, 4.69) is 0 Å². The maximum Gasteiger partial charge on any atom is 0.335 e. The first-order valence-corrected chi connectivity index (χ1v) is 5.38. The topological polar surface area (TPSA) is 66.8 Å². The van der Waals surface area contributed by atoms with E-state index in [1.807, 2.05) is 26.0 Å². The van der Waals surface area contributed by atoms with Crippen LogP contribution in [0, 0.1) is 13.8 Å². The molecular formula is C13H18O4. The van der Waals surface area contributed by atoms with Crippen LogP contribution in [-0.4, -0.2) is 28.9 Å². The molecule has 0 aliphatic heterocycles. The summed E-state index contributed by atoms with van der Waals surface area (Å²) in [4.78, 5) is 10.9. The van der Waals surface area contributed by atoms with Crippen molar-refractivity contribution >= 4 is 5.97 Å². The van der Waals surface area contributed by atoms with Crippen molar-refractivity contribution in [3.8, 4) is 5.75 Å². The Kier molecular flexibility index (Phi) is 3.78. The number of aliphatic carboxylic acids is 1. The molecule has 1 aromatic carbocycles. The number of hydrogen-bond acceptors (Lipinski definition) is 3. The van der Waals surface area contributed by atoms with Crippen LogP contribution in [0.5, 0.6) is 5.75 Å². The fraction of sp³-hybridized carbons (Fsp3) is 0.462. The van der Waals surface area contributed by atoms with Gasteiger partial charge in [0.05, 0.1) is 7.11 Å². The molecule has 0 saturated carbocycles. The molecule has 94 valence electrons. The Morgan fingerprint density at radius 1 is 1.35 bits per heavy atom. The summed E-state index contributed by atoms with van der Waals surface area (Å²) in [6.07, 6.45) is 0.0205. The van der Waals surface area contributed by atoms with E-state index >= 15 is 0 Å². The predicted octanol–water partition coefficient (Wildman–Crippen LogP) is 1.69. The van der Waals surface area contributed by atoms with Gasteiger partial charge < -0.3 is 14.9 Å². The lowest BCUT2D eigenvalue weighted by Gasteiger charge is -2.20. The Labute approximate surface area is 101 Å². The molecule has 0 fully saturated rings. The second-order valence-electron chi connectivity index (χ2n) is 4.50. The SMILES string of the molecule is COc1cc(C)c(C)cc1CC(C)(O)C(=O)O. The molecule has 0 aliphatic rings. The van der Waals surface area contributed by atoms with Crippen molar-refractivity contribution in [2.24, 2.45) is 0 Å². The van der Waals surface area contributed by atoms with Crippen molar-refractivity contribution in [1.82, 2.24) is 0 Å². The van der Waals surface area contributed by atoms with Gasteiger partial charge in [-0.25, -0.2) is 4.79 Å². The first-order valence-electron chi connectivity index (χ1n) is 5.38. The molecule has 0 heterocycles. The van der Waals surface area contributed by atoms with Gasteiger partial charge in [-0.15, -0.1) is 0 Å². The third kappa shape index (κ3) is 2.97. The van der Waals surface area contributed by atoms with Crippen LogP contribution in [0.1, 0.15) is 23.6 Å². The molecule has 0 bridgehead atoms. The second-order valence-corrected chi connectivity index (χ2v) is 4.50. The summed E-state index contributed by atoms with van der Waals surface area (Å²) in [6, 6.07) is 3.70. The van der Waals surface area contributed by atoms with Crippen LogP contribution in [0.25, 0.3) is 0 Å². The Balaban J connectivity index is 3.14. The number of aryl methyl sites for hydroxylation is 2. The van der Waals surface area contributed by atoms with E-state index in [9.17, 15) is 9.90 Å². The van der Waals surface area contributed by atoms with Crippen LogP contribution in [0.2, 0.25) is 0 Å². The summed E-state index contributed by atoms with van der Waals surface area (Å²) in [6.45, 7) is 5.18. The van der Waals surface area contributed by atoms with Crippen molar-refractivity contribution in [3.05, 3.63) is 28.8 Å². The molecule has 1 unspecified atom stereocenters. The van der Waals surface area contributed by atoms with Gasteiger partial charge in [0.1, 0.15) is 5.75 Å². The Bertz CT molecular complexity index is 435. The van der Waals surface area contributed by atoms with Crippen LogP contribution in [0.3, 0.4) is 0 Å². The fourth-order valence-corrected chi connectivity index (χ4v) is 1.62. The van der Waals surface area contributed by atoms with Crippen LogP contribution >= 0.6 is 0 Å². The average Bonchev–Trinajstić information content (AvgIpc) is 2.22. The van der Waals surface area contributed by atoms with E-state index in [1.54, 1.807) is 0 Å². The first-order chi connectivity index (χ1) is 7.77. The van der Waals surface area contributed by atoms with Crippen LogP contribution in [0.4, 0.5) is 0 Å². The van der Waals surface area contributed by atoms with Gasteiger partial charge in [0.25, 0.3) is 0 Å². The summed E-state index contributed by atoms with van der Waals surface area (Å²) in [5.74, 6) is -0.632. The number of carboxylic acid groups (broad SMARTS) is 1. The van der Waals surface area contributed by atoms with Crippen molar-refractivity contribution in [1.29, 1.82) is 0 Å². The van der Waals surface area contributed by atoms with E-state index in [-0.39, 0.29) is 6.42 Å². The summed E-state index contributed by atoms with van der Waals surface area (Å²) >= 11 is 0. The van der Waals surface area contributed by atoms with Gasteiger partial charge in [-0.1, -0.05) is 6.07 Å². The molecule has 0 radical (unpaired) electrons. The van der Waals surface area contributed by atoms with E-state index in [0.717, 1.165) is 11.1 Å². The summed E-state index contributed by atoms with van der Waals surface area (Å²) in [5.41, 5.74) is 1.03. The number of carboxylic acids is 1. The lowest BCUT2D eigenvalue weighted by molar-refractivity contribution is -0.156. The lowest BCUT2D eigenvalue weighted by Crippen LogP contribution is -2.37. The minimum Gasteiger partial charge on any atom is -0.496 e. The zero-order chi connectivity index (χ0) is 13.2. The van der Waals surface area contributed by atoms with E-state index in [1.165, 1.54) is 14.0 Å². The number of carbonyl (C=O) groups is 1. The Morgan fingerprint density at radius 3 is 2.35 bits per heavy atom. The Hall–Kier alpha value is -1.55. The molecule has 0 amide bonds. The maximum atomic E-state index is 10.9. The molecule has 17 heavy (non-hydrogen) atoms. The monoisotopic (exact) mass is 238 g/mol. The van der Waals surface area contributed by atoms with Gasteiger partial charge in [0, 0.05) is 6.42 Å². The normalized spacial score (nSPS) is 14.2. The van der Waals surface area contributed by atoms with Gasteiger partial charge in [-0.2, -0.15) is 0 Å². The van der Waals surface area contributed by atoms with Gasteiger partial charge in [-0.3, -0.25) is 0 Å². The second kappa shape index (κ2) is 4.75. The molecule has 1 rings (SSSR count). The highest BCUT2D eigenvalue weighted by Crippen LogP contribution is 2.26. The molecule has 0 spiro atoms. The minimum atomic E-state index is -1.78. The number of benzene rings is 1. The molecular weight excluding hydrogens is 220 g/mol. The molecule has 1 aromatic rings. The van der Waals surface area contributed by atoms with Crippen LogP contribution in [0.15, 0.2) is 12.1 Å². The predicted molar refractivity (Wildman–Crippen MR) is 64.4 cm³/mol. The molecule has 4 heteroatoms. The van der Waals surface area contributed by atoms with Crippen LogP contribution in [-0.2, 0) is 11.2 Å². The van der Waals surface area contributed by atoms with Crippen molar-refractivity contribution < 1.29 is 19.7 Å². The molecule has 0 aromatic heterocycles. The highest BCUT2D eigenvalue weighted by atomic mass is 16.5. The van der Waals surface area contributed by atoms with Gasteiger partial charge in [0.2, 0.25) is 0 Å². The number of hydrogen-bond donors (Lipinski definition) is 2. The first kappa shape index (κ1) is 13.5. The van der Waals surface area contributed by atoms with E-state index in [4.69, 9.17) is 9.84 Å². The van der Waals surface area contributed by atoms with Crippen molar-refractivity contribution in [2.45, 2.75) is 32.8 Å². The standard InChI is InChI=1S/C13H18O4/c1-8-5-10(7-13(3,16)12(14)15)11(17-4)6-9(8)2/h5-6,16H,7H2,1-4H3,(H,14,15). The zero-order valence-corrected chi connectivity index (χ0v) is 10.6. The van der Waals surface area contributed by atoms with Gasteiger partial charge >= 0.3 is 5.97 Å². The minimum absolute atomic E-state index is 0.0205. The highest BCUT2D eigenvalue weighted by Gasteiger charge is 2.31. The number of rotatable bonds is 4. The molecule has 2 N–H and O–H groups in total. The quantitative estimate of drug-likeness (QED) is 0.837. The van der Waals surface area contributed by atoms with Crippen molar-refractivity contribution in [3.63, 3.8) is 0 Å². The zero-order valence-electron chi connectivity index (χ0n) is 10.6. The smallest absolute Gasteiger partial charge is 0.335 e. The fourth-order valence-electron chi connectivity index (χ4n) is 1.62. The van der Waals surface area contributed by atoms with Gasteiger partial charge in [0.15, 0.2) is 5.60 Å². The highest BCUT2D eigenvalue weighted by molar-refractivity contribution is 5.77. The third-order valence-electron chi connectivity index (χ3n) is 2.89. The summed E-state index contributed by atoms with van der Waals surface area (Å²) in [7, 11) is 1.53. The molecule has 0 saturated heterocycles. The van der Waals surface area contributed by atoms with Gasteiger partial charge in [-0.05, 0) is 43.5 Å². The number of methoxy groups -OCH3 is 1. The summed E-state index contributed by atoms with van der Waals surface area (Å²) in [5, 5.41) is 18.7. The average molecular weight is 238 g/mol.